The molecule has 0 unspecified atom stereocenters. The Kier molecular flexibility index (Phi) is 10.1. The molecule has 0 atom stereocenters. The fourth-order valence-corrected chi connectivity index (χ4v) is 1.53. The number of nitrogens with one attached hydrogen (secondary N) is 2. The first-order chi connectivity index (χ1) is 8.70. The summed E-state index contributed by atoms with van der Waals surface area (Å²) in [5, 5.41) is 20.5. The van der Waals surface area contributed by atoms with Gasteiger partial charge in [0.05, 0.1) is 0 Å². The van der Waals surface area contributed by atoms with Gasteiger partial charge in [-0.05, 0) is 12.8 Å². The minimum atomic E-state index is -0.231. The second kappa shape index (κ2) is 11.4. The summed E-state index contributed by atoms with van der Waals surface area (Å²) in [6, 6.07) is 0. The van der Waals surface area contributed by atoms with E-state index in [-0.39, 0.29) is 11.8 Å². The SMILES string of the molecule is N#CNC(=O)CCCCCCCCC(=O)NC#N. The molecule has 0 saturated carbocycles. The third-order valence-electron chi connectivity index (χ3n) is 2.45. The number of unbranched alkanes of at least 4 members (excludes halogenated alkanes) is 5. The normalized spacial score (nSPS) is 9.00. The summed E-state index contributed by atoms with van der Waals surface area (Å²) in [4.78, 5) is 21.8. The maximum absolute atomic E-state index is 10.9. The molecule has 18 heavy (non-hydrogen) atoms. The standard InChI is InChI=1S/C12H18N4O2/c13-9-15-11(17)7-5-3-1-2-4-6-8-12(18)16-10-14/h1-8H2,(H,15,17)(H,16,18). The van der Waals surface area contributed by atoms with E-state index in [1.165, 1.54) is 0 Å². The van der Waals surface area contributed by atoms with Crippen LogP contribution < -0.4 is 10.6 Å². The Balaban J connectivity index is 3.22. The second-order valence-electron chi connectivity index (χ2n) is 3.94. The van der Waals surface area contributed by atoms with Gasteiger partial charge in [-0.15, -0.1) is 0 Å². The van der Waals surface area contributed by atoms with Crippen molar-refractivity contribution >= 4 is 11.8 Å². The molecule has 0 aliphatic carbocycles. The van der Waals surface area contributed by atoms with Crippen molar-refractivity contribution in [3.63, 3.8) is 0 Å². The van der Waals surface area contributed by atoms with Crippen molar-refractivity contribution in [1.82, 2.24) is 10.6 Å². The van der Waals surface area contributed by atoms with Gasteiger partial charge in [0.1, 0.15) is 0 Å². The van der Waals surface area contributed by atoms with Gasteiger partial charge in [-0.1, -0.05) is 25.7 Å². The zero-order valence-corrected chi connectivity index (χ0v) is 10.4. The molecule has 0 aromatic heterocycles. The first kappa shape index (κ1) is 15.9. The lowest BCUT2D eigenvalue weighted by molar-refractivity contribution is -0.121. The highest BCUT2D eigenvalue weighted by Crippen LogP contribution is 2.08. The summed E-state index contributed by atoms with van der Waals surface area (Å²) in [6.07, 6.45) is 9.45. The van der Waals surface area contributed by atoms with Gasteiger partial charge in [0, 0.05) is 12.8 Å². The van der Waals surface area contributed by atoms with Gasteiger partial charge in [0.15, 0.2) is 12.4 Å². The maximum Gasteiger partial charge on any atom is 0.232 e. The highest BCUT2D eigenvalue weighted by molar-refractivity contribution is 5.77. The van der Waals surface area contributed by atoms with Crippen LogP contribution in [-0.4, -0.2) is 11.8 Å². The summed E-state index contributed by atoms with van der Waals surface area (Å²) >= 11 is 0. The van der Waals surface area contributed by atoms with Gasteiger partial charge in [-0.25, -0.2) is 0 Å². The molecule has 98 valence electrons. The van der Waals surface area contributed by atoms with Crippen molar-refractivity contribution in [2.75, 3.05) is 0 Å². The third kappa shape index (κ3) is 10.4. The lowest BCUT2D eigenvalue weighted by Gasteiger charge is -2.01. The summed E-state index contributed by atoms with van der Waals surface area (Å²) in [6.45, 7) is 0. The van der Waals surface area contributed by atoms with Gasteiger partial charge in [0.25, 0.3) is 0 Å². The quantitative estimate of drug-likeness (QED) is 0.365. The van der Waals surface area contributed by atoms with Crippen molar-refractivity contribution < 1.29 is 9.59 Å². The number of rotatable bonds is 9. The number of nitriles is 2. The fourth-order valence-electron chi connectivity index (χ4n) is 1.53. The van der Waals surface area contributed by atoms with Crippen LogP contribution >= 0.6 is 0 Å². The van der Waals surface area contributed by atoms with Crippen LogP contribution in [-0.2, 0) is 9.59 Å². The monoisotopic (exact) mass is 250 g/mol. The van der Waals surface area contributed by atoms with Crippen LogP contribution in [0.25, 0.3) is 0 Å². The van der Waals surface area contributed by atoms with E-state index in [0.29, 0.717) is 12.8 Å². The van der Waals surface area contributed by atoms with E-state index in [0.717, 1.165) is 38.5 Å². The number of amides is 2. The largest absolute Gasteiger partial charge is 0.274 e. The average Bonchev–Trinajstić information content (AvgIpc) is 2.33. The molecule has 2 amide bonds. The highest BCUT2D eigenvalue weighted by Gasteiger charge is 2.00. The van der Waals surface area contributed by atoms with Crippen molar-refractivity contribution in [3.8, 4) is 12.4 Å². The van der Waals surface area contributed by atoms with Gasteiger partial charge >= 0.3 is 0 Å². The van der Waals surface area contributed by atoms with Crippen LogP contribution in [0, 0.1) is 22.9 Å². The van der Waals surface area contributed by atoms with E-state index in [4.69, 9.17) is 10.5 Å². The van der Waals surface area contributed by atoms with Crippen LogP contribution in [0.4, 0.5) is 0 Å². The number of hydrogen-bond donors (Lipinski definition) is 2. The zero-order valence-electron chi connectivity index (χ0n) is 10.4. The molecular formula is C12H18N4O2. The molecule has 0 radical (unpaired) electrons. The van der Waals surface area contributed by atoms with Crippen LogP contribution in [0.3, 0.4) is 0 Å². The summed E-state index contributed by atoms with van der Waals surface area (Å²) in [5.74, 6) is -0.462. The number of hydrogen-bond acceptors (Lipinski definition) is 4. The molecule has 0 aliphatic rings. The van der Waals surface area contributed by atoms with Crippen LogP contribution in [0.2, 0.25) is 0 Å². The molecule has 0 aromatic rings. The van der Waals surface area contributed by atoms with E-state index in [9.17, 15) is 9.59 Å². The van der Waals surface area contributed by atoms with E-state index in [1.54, 1.807) is 12.4 Å². The van der Waals surface area contributed by atoms with Gasteiger partial charge in [-0.3, -0.25) is 20.2 Å². The van der Waals surface area contributed by atoms with Gasteiger partial charge in [-0.2, -0.15) is 10.5 Å². The average molecular weight is 250 g/mol. The Hall–Kier alpha value is -2.08. The molecule has 0 bridgehead atoms. The Morgan fingerprint density at radius 3 is 1.39 bits per heavy atom. The van der Waals surface area contributed by atoms with Gasteiger partial charge < -0.3 is 0 Å². The molecule has 0 fully saturated rings. The molecule has 0 spiro atoms. The van der Waals surface area contributed by atoms with E-state index in [2.05, 4.69) is 10.6 Å². The molecule has 0 heterocycles. The Morgan fingerprint density at radius 1 is 0.722 bits per heavy atom. The van der Waals surface area contributed by atoms with Crippen LogP contribution in [0.5, 0.6) is 0 Å². The lowest BCUT2D eigenvalue weighted by Crippen LogP contribution is -2.16. The van der Waals surface area contributed by atoms with E-state index < -0.39 is 0 Å². The molecule has 0 rings (SSSR count). The predicted molar refractivity (Wildman–Crippen MR) is 64.4 cm³/mol. The molecule has 6 nitrogen and oxygen atoms in total. The predicted octanol–water partition coefficient (Wildman–Crippen LogP) is 1.30. The summed E-state index contributed by atoms with van der Waals surface area (Å²) in [7, 11) is 0. The number of carbonyl (C=O) groups excluding carboxylic acids is 2. The lowest BCUT2D eigenvalue weighted by atomic mass is 10.1. The van der Waals surface area contributed by atoms with E-state index >= 15 is 0 Å². The van der Waals surface area contributed by atoms with Crippen LogP contribution in [0.15, 0.2) is 0 Å². The van der Waals surface area contributed by atoms with Crippen molar-refractivity contribution in [1.29, 1.82) is 10.5 Å². The first-order valence-corrected chi connectivity index (χ1v) is 6.06. The summed E-state index contributed by atoms with van der Waals surface area (Å²) < 4.78 is 0. The minimum absolute atomic E-state index is 0.231. The van der Waals surface area contributed by atoms with Crippen molar-refractivity contribution in [2.24, 2.45) is 0 Å². The van der Waals surface area contributed by atoms with Crippen LogP contribution in [0.1, 0.15) is 51.4 Å². The molecule has 6 heteroatoms. The Bertz CT molecular complexity index is 307. The smallest absolute Gasteiger partial charge is 0.232 e. The molecular weight excluding hydrogens is 232 g/mol. The molecule has 0 aromatic carbocycles. The summed E-state index contributed by atoms with van der Waals surface area (Å²) in [5.41, 5.74) is 0. The van der Waals surface area contributed by atoms with E-state index in [1.807, 2.05) is 0 Å². The first-order valence-electron chi connectivity index (χ1n) is 6.06. The fraction of sp³-hybridized carbons (Fsp3) is 0.667. The van der Waals surface area contributed by atoms with Crippen molar-refractivity contribution in [2.45, 2.75) is 51.4 Å². The molecule has 0 aliphatic heterocycles. The molecule has 2 N–H and O–H groups in total. The Morgan fingerprint density at radius 2 is 1.06 bits per heavy atom. The Labute approximate surface area is 107 Å². The van der Waals surface area contributed by atoms with Crippen molar-refractivity contribution in [3.05, 3.63) is 0 Å². The minimum Gasteiger partial charge on any atom is -0.274 e. The third-order valence-corrected chi connectivity index (χ3v) is 2.45. The zero-order chi connectivity index (χ0) is 13.6. The number of nitrogens with zero attached hydrogens (tertiary/aromatic N) is 2. The maximum atomic E-state index is 10.9. The number of carbonyl (C=O) groups is 2. The molecule has 0 saturated heterocycles. The topological polar surface area (TPSA) is 106 Å². The highest BCUT2D eigenvalue weighted by atomic mass is 16.2. The second-order valence-corrected chi connectivity index (χ2v) is 3.94. The van der Waals surface area contributed by atoms with Gasteiger partial charge in [0.2, 0.25) is 11.8 Å².